The summed E-state index contributed by atoms with van der Waals surface area (Å²) >= 11 is 1.46. The van der Waals surface area contributed by atoms with Crippen LogP contribution in [0.1, 0.15) is 40.0 Å². The van der Waals surface area contributed by atoms with Gasteiger partial charge in [0.2, 0.25) is 5.91 Å². The Morgan fingerprint density at radius 3 is 2.52 bits per heavy atom. The number of carbonyl (C=O) groups is 2. The van der Waals surface area contributed by atoms with E-state index in [4.69, 9.17) is 0 Å². The van der Waals surface area contributed by atoms with Gasteiger partial charge in [-0.2, -0.15) is 0 Å². The summed E-state index contributed by atoms with van der Waals surface area (Å²) in [4.78, 5) is 29.3. The summed E-state index contributed by atoms with van der Waals surface area (Å²) < 4.78 is 0. The van der Waals surface area contributed by atoms with E-state index in [-0.39, 0.29) is 17.7 Å². The van der Waals surface area contributed by atoms with Crippen LogP contribution in [0.25, 0.3) is 10.6 Å². The van der Waals surface area contributed by atoms with Gasteiger partial charge in [0, 0.05) is 28.2 Å². The molecular weight excluding hydrogens is 382 g/mol. The van der Waals surface area contributed by atoms with Crippen molar-refractivity contribution in [3.8, 4) is 10.6 Å². The van der Waals surface area contributed by atoms with Crippen LogP contribution in [0.4, 0.5) is 11.4 Å². The highest BCUT2D eigenvalue weighted by molar-refractivity contribution is 7.13. The molecule has 0 bridgehead atoms. The first kappa shape index (κ1) is 19.3. The minimum Gasteiger partial charge on any atom is -0.326 e. The first-order chi connectivity index (χ1) is 13.9. The molecule has 29 heavy (non-hydrogen) atoms. The van der Waals surface area contributed by atoms with E-state index in [1.807, 2.05) is 38.1 Å². The van der Waals surface area contributed by atoms with Gasteiger partial charge in [-0.25, -0.2) is 4.98 Å². The second-order valence-corrected chi connectivity index (χ2v) is 8.46. The van der Waals surface area contributed by atoms with Crippen molar-refractivity contribution in [3.63, 3.8) is 0 Å². The molecule has 1 aliphatic rings. The molecule has 0 radical (unpaired) electrons. The highest BCUT2D eigenvalue weighted by atomic mass is 32.1. The Hall–Kier alpha value is -2.99. The van der Waals surface area contributed by atoms with E-state index >= 15 is 0 Å². The Morgan fingerprint density at radius 2 is 1.79 bits per heavy atom. The summed E-state index contributed by atoms with van der Waals surface area (Å²) in [6, 6.07) is 11.7. The minimum absolute atomic E-state index is 0.0451. The van der Waals surface area contributed by atoms with Gasteiger partial charge < -0.3 is 10.6 Å². The maximum absolute atomic E-state index is 12.7. The molecule has 0 spiro atoms. The van der Waals surface area contributed by atoms with Gasteiger partial charge in [-0.1, -0.05) is 29.8 Å². The predicted molar refractivity (Wildman–Crippen MR) is 118 cm³/mol. The fourth-order valence-electron chi connectivity index (χ4n) is 3.17. The highest BCUT2D eigenvalue weighted by Crippen LogP contribution is 2.31. The zero-order valence-corrected chi connectivity index (χ0v) is 17.5. The third-order valence-electron chi connectivity index (χ3n) is 5.05. The number of nitrogens with one attached hydrogen (secondary N) is 2. The van der Waals surface area contributed by atoms with Crippen molar-refractivity contribution in [3.05, 3.63) is 64.2 Å². The van der Waals surface area contributed by atoms with Gasteiger partial charge in [0.05, 0.1) is 0 Å². The van der Waals surface area contributed by atoms with Crippen LogP contribution < -0.4 is 10.6 Å². The zero-order chi connectivity index (χ0) is 20.5. The third kappa shape index (κ3) is 4.38. The fraction of sp³-hybridized carbons (Fsp3) is 0.261. The van der Waals surface area contributed by atoms with Crippen LogP contribution in [0.5, 0.6) is 0 Å². The van der Waals surface area contributed by atoms with E-state index in [1.54, 1.807) is 11.4 Å². The second kappa shape index (κ2) is 7.79. The summed E-state index contributed by atoms with van der Waals surface area (Å²) in [7, 11) is 0. The molecule has 0 unspecified atom stereocenters. The number of amides is 2. The molecule has 3 aromatic rings. The predicted octanol–water partition coefficient (Wildman–Crippen LogP) is 5.34. The van der Waals surface area contributed by atoms with Gasteiger partial charge in [0.15, 0.2) is 0 Å². The van der Waals surface area contributed by atoms with Crippen molar-refractivity contribution in [1.82, 2.24) is 4.98 Å². The standard InChI is InChI=1S/C23H23N3O2S/c1-13-4-9-18(15(3)10-13)23-26-20(12-29-23)22(28)25-19-11-17(8-5-14(19)2)24-21(27)16-6-7-16/h4-5,8-12,16H,6-7H2,1-3H3,(H,24,27)(H,25,28). The molecule has 1 aliphatic carbocycles. The van der Waals surface area contributed by atoms with Gasteiger partial charge in [-0.05, 0) is 56.9 Å². The fourth-order valence-corrected chi connectivity index (χ4v) is 4.06. The van der Waals surface area contributed by atoms with Crippen molar-refractivity contribution in [2.75, 3.05) is 10.6 Å². The van der Waals surface area contributed by atoms with Crippen LogP contribution in [0, 0.1) is 26.7 Å². The van der Waals surface area contributed by atoms with Crippen molar-refractivity contribution >= 4 is 34.5 Å². The summed E-state index contributed by atoms with van der Waals surface area (Å²) in [5, 5.41) is 8.45. The number of carbonyl (C=O) groups excluding carboxylic acids is 2. The highest BCUT2D eigenvalue weighted by Gasteiger charge is 2.29. The molecular formula is C23H23N3O2S. The maximum atomic E-state index is 12.7. The average molecular weight is 406 g/mol. The Balaban J connectivity index is 1.51. The van der Waals surface area contributed by atoms with Crippen LogP contribution >= 0.6 is 11.3 Å². The lowest BCUT2D eigenvalue weighted by molar-refractivity contribution is -0.117. The number of aromatic nitrogens is 1. The topological polar surface area (TPSA) is 71.1 Å². The van der Waals surface area contributed by atoms with Crippen molar-refractivity contribution in [1.29, 1.82) is 0 Å². The maximum Gasteiger partial charge on any atom is 0.275 e. The van der Waals surface area contributed by atoms with Crippen molar-refractivity contribution in [2.24, 2.45) is 5.92 Å². The van der Waals surface area contributed by atoms with Crippen molar-refractivity contribution in [2.45, 2.75) is 33.6 Å². The minimum atomic E-state index is -0.258. The summed E-state index contributed by atoms with van der Waals surface area (Å²) in [6.07, 6.45) is 1.90. The molecule has 5 nitrogen and oxygen atoms in total. The quantitative estimate of drug-likeness (QED) is 0.602. The summed E-state index contributed by atoms with van der Waals surface area (Å²) in [6.45, 7) is 6.03. The average Bonchev–Trinajstić information content (AvgIpc) is 3.42. The monoisotopic (exact) mass is 405 g/mol. The lowest BCUT2D eigenvalue weighted by Gasteiger charge is -2.11. The molecule has 0 aliphatic heterocycles. The van der Waals surface area contributed by atoms with E-state index in [0.29, 0.717) is 17.1 Å². The Kier molecular flexibility index (Phi) is 5.20. The van der Waals surface area contributed by atoms with E-state index in [1.165, 1.54) is 16.9 Å². The van der Waals surface area contributed by atoms with E-state index < -0.39 is 0 Å². The van der Waals surface area contributed by atoms with E-state index in [9.17, 15) is 9.59 Å². The van der Waals surface area contributed by atoms with Crippen LogP contribution in [0.3, 0.4) is 0 Å². The van der Waals surface area contributed by atoms with Crippen LogP contribution in [-0.4, -0.2) is 16.8 Å². The SMILES string of the molecule is Cc1ccc(-c2nc(C(=O)Nc3cc(NC(=O)C4CC4)ccc3C)cs2)c(C)c1. The van der Waals surface area contributed by atoms with Gasteiger partial charge >= 0.3 is 0 Å². The molecule has 6 heteroatoms. The molecule has 1 heterocycles. The number of anilines is 2. The molecule has 148 valence electrons. The van der Waals surface area contributed by atoms with Gasteiger partial charge in [-0.3, -0.25) is 9.59 Å². The first-order valence-corrected chi connectivity index (χ1v) is 10.5. The summed E-state index contributed by atoms with van der Waals surface area (Å²) in [5.41, 5.74) is 6.05. The normalized spacial score (nSPS) is 13.2. The van der Waals surface area contributed by atoms with Crippen LogP contribution in [0.2, 0.25) is 0 Å². The van der Waals surface area contributed by atoms with Gasteiger partial charge in [0.1, 0.15) is 10.7 Å². The number of benzene rings is 2. The number of aryl methyl sites for hydroxylation is 3. The lowest BCUT2D eigenvalue weighted by Crippen LogP contribution is -2.15. The Morgan fingerprint density at radius 1 is 1.00 bits per heavy atom. The molecule has 1 fully saturated rings. The number of thiazole rings is 1. The number of hydrogen-bond acceptors (Lipinski definition) is 4. The summed E-state index contributed by atoms with van der Waals surface area (Å²) in [5.74, 6) is -0.0808. The number of nitrogens with zero attached hydrogens (tertiary/aromatic N) is 1. The molecule has 2 N–H and O–H groups in total. The lowest BCUT2D eigenvalue weighted by atomic mass is 10.1. The largest absolute Gasteiger partial charge is 0.326 e. The van der Waals surface area contributed by atoms with E-state index in [0.717, 1.165) is 34.5 Å². The molecule has 1 aromatic heterocycles. The molecule has 0 saturated heterocycles. The van der Waals surface area contributed by atoms with Crippen LogP contribution in [0.15, 0.2) is 41.8 Å². The molecule has 2 aromatic carbocycles. The Bertz CT molecular complexity index is 1100. The van der Waals surface area contributed by atoms with Crippen LogP contribution in [-0.2, 0) is 4.79 Å². The van der Waals surface area contributed by atoms with Gasteiger partial charge in [0.25, 0.3) is 5.91 Å². The molecule has 4 rings (SSSR count). The Labute approximate surface area is 174 Å². The molecule has 1 saturated carbocycles. The molecule has 2 amide bonds. The van der Waals surface area contributed by atoms with Gasteiger partial charge in [-0.15, -0.1) is 11.3 Å². The third-order valence-corrected chi connectivity index (χ3v) is 5.93. The first-order valence-electron chi connectivity index (χ1n) is 9.67. The zero-order valence-electron chi connectivity index (χ0n) is 16.7. The van der Waals surface area contributed by atoms with E-state index in [2.05, 4.69) is 28.6 Å². The smallest absolute Gasteiger partial charge is 0.275 e. The number of hydrogen-bond donors (Lipinski definition) is 2. The second-order valence-electron chi connectivity index (χ2n) is 7.60. The molecule has 0 atom stereocenters. The van der Waals surface area contributed by atoms with Crippen molar-refractivity contribution < 1.29 is 9.59 Å². The number of rotatable bonds is 5.